The van der Waals surface area contributed by atoms with E-state index in [1.165, 1.54) is 23.0 Å². The van der Waals surface area contributed by atoms with Crippen molar-refractivity contribution in [1.29, 1.82) is 0 Å². The number of amides is 2. The summed E-state index contributed by atoms with van der Waals surface area (Å²) in [7, 11) is -3.94. The highest BCUT2D eigenvalue weighted by atomic mass is 32.2. The molecule has 0 bridgehead atoms. The van der Waals surface area contributed by atoms with Crippen molar-refractivity contribution >= 4 is 33.6 Å². The molecule has 0 aliphatic carbocycles. The van der Waals surface area contributed by atoms with E-state index in [0.717, 1.165) is 11.1 Å². The van der Waals surface area contributed by atoms with Crippen LogP contribution in [0.15, 0.2) is 89.8 Å². The minimum absolute atomic E-state index is 0.0776. The van der Waals surface area contributed by atoms with Crippen LogP contribution in [0.1, 0.15) is 24.9 Å². The van der Waals surface area contributed by atoms with Crippen molar-refractivity contribution in [1.82, 2.24) is 20.3 Å². The Morgan fingerprint density at radius 2 is 1.59 bits per heavy atom. The lowest BCUT2D eigenvalue weighted by Crippen LogP contribution is -2.46. The summed E-state index contributed by atoms with van der Waals surface area (Å²) in [5.41, 5.74) is 2.36. The molecule has 1 aliphatic heterocycles. The number of rotatable bonds is 12. The van der Waals surface area contributed by atoms with Crippen LogP contribution >= 0.6 is 11.8 Å². The van der Waals surface area contributed by atoms with Gasteiger partial charge in [-0.25, -0.2) is 8.42 Å². The van der Waals surface area contributed by atoms with E-state index in [0.29, 0.717) is 37.4 Å². The minimum Gasteiger partial charge on any atom is -0.355 e. The van der Waals surface area contributed by atoms with Gasteiger partial charge in [0.1, 0.15) is 5.37 Å². The Kier molecular flexibility index (Phi) is 10.2. The number of hydrogen-bond acceptors (Lipinski definition) is 6. The number of benzene rings is 3. The fourth-order valence-corrected chi connectivity index (χ4v) is 7.83. The van der Waals surface area contributed by atoms with Gasteiger partial charge in [-0.15, -0.1) is 11.8 Å². The standard InChI is InChI=1S/C29H34N4O4S2/c1-22(34)31-19-18-30-17-16-26(24-12-6-3-7-13-24)32-28(35)29-33(20-21-38-29)39(36,37)27-15-9-8-14-25(27)23-10-4-2-5-11-23/h2-15,26,29-30H,16-21H2,1H3,(H,31,34)(H,32,35). The van der Waals surface area contributed by atoms with E-state index in [9.17, 15) is 18.0 Å². The van der Waals surface area contributed by atoms with Crippen LogP contribution in [0.5, 0.6) is 0 Å². The Morgan fingerprint density at radius 3 is 2.31 bits per heavy atom. The summed E-state index contributed by atoms with van der Waals surface area (Å²) >= 11 is 1.34. The molecule has 3 N–H and O–H groups in total. The fourth-order valence-electron chi connectivity index (χ4n) is 4.53. The molecule has 1 heterocycles. The highest BCUT2D eigenvalue weighted by molar-refractivity contribution is 8.02. The third kappa shape index (κ3) is 7.48. The third-order valence-corrected chi connectivity index (χ3v) is 9.69. The van der Waals surface area contributed by atoms with Crippen LogP contribution in [-0.2, 0) is 19.6 Å². The van der Waals surface area contributed by atoms with Gasteiger partial charge in [0.05, 0.1) is 10.9 Å². The summed E-state index contributed by atoms with van der Waals surface area (Å²) in [6, 6.07) is 25.7. The number of sulfonamides is 1. The summed E-state index contributed by atoms with van der Waals surface area (Å²) < 4.78 is 29.1. The van der Waals surface area contributed by atoms with E-state index in [4.69, 9.17) is 0 Å². The summed E-state index contributed by atoms with van der Waals surface area (Å²) in [4.78, 5) is 24.8. The highest BCUT2D eigenvalue weighted by Gasteiger charge is 2.41. The fraction of sp³-hybridized carbons (Fsp3) is 0.310. The molecule has 39 heavy (non-hydrogen) atoms. The van der Waals surface area contributed by atoms with Crippen LogP contribution in [0.4, 0.5) is 0 Å². The van der Waals surface area contributed by atoms with Gasteiger partial charge in [0.15, 0.2) is 0 Å². The number of nitrogens with zero attached hydrogens (tertiary/aromatic N) is 1. The van der Waals surface area contributed by atoms with Gasteiger partial charge in [-0.2, -0.15) is 4.31 Å². The first-order chi connectivity index (χ1) is 18.9. The Morgan fingerprint density at radius 1 is 0.923 bits per heavy atom. The largest absolute Gasteiger partial charge is 0.355 e. The number of hydrogen-bond donors (Lipinski definition) is 3. The molecule has 206 valence electrons. The number of thioether (sulfide) groups is 1. The van der Waals surface area contributed by atoms with E-state index >= 15 is 0 Å². The lowest BCUT2D eigenvalue weighted by atomic mass is 10.0. The van der Waals surface area contributed by atoms with Gasteiger partial charge in [0.2, 0.25) is 21.8 Å². The smallest absolute Gasteiger partial charge is 0.249 e. The maximum Gasteiger partial charge on any atom is 0.249 e. The molecule has 0 radical (unpaired) electrons. The van der Waals surface area contributed by atoms with Crippen LogP contribution < -0.4 is 16.0 Å². The average molecular weight is 567 g/mol. The van der Waals surface area contributed by atoms with E-state index in [2.05, 4.69) is 16.0 Å². The minimum atomic E-state index is -3.94. The molecule has 2 atom stereocenters. The lowest BCUT2D eigenvalue weighted by molar-refractivity contribution is -0.123. The lowest BCUT2D eigenvalue weighted by Gasteiger charge is -2.26. The average Bonchev–Trinajstić information content (AvgIpc) is 3.46. The molecular weight excluding hydrogens is 532 g/mol. The number of carbonyl (C=O) groups excluding carboxylic acids is 2. The molecule has 8 nitrogen and oxygen atoms in total. The maximum absolute atomic E-state index is 13.9. The summed E-state index contributed by atoms with van der Waals surface area (Å²) in [5.74, 6) is 0.127. The molecule has 3 aromatic carbocycles. The molecular formula is C29H34N4O4S2. The van der Waals surface area contributed by atoms with Crippen molar-refractivity contribution in [3.05, 3.63) is 90.5 Å². The molecule has 1 fully saturated rings. The van der Waals surface area contributed by atoms with Crippen LogP contribution in [-0.4, -0.2) is 61.8 Å². The highest BCUT2D eigenvalue weighted by Crippen LogP contribution is 2.35. The van der Waals surface area contributed by atoms with Gasteiger partial charge >= 0.3 is 0 Å². The van der Waals surface area contributed by atoms with Crippen molar-refractivity contribution in [2.45, 2.75) is 29.7 Å². The maximum atomic E-state index is 13.9. The van der Waals surface area contributed by atoms with Crippen LogP contribution in [0, 0.1) is 0 Å². The van der Waals surface area contributed by atoms with Gasteiger partial charge in [0.25, 0.3) is 0 Å². The predicted octanol–water partition coefficient (Wildman–Crippen LogP) is 3.39. The van der Waals surface area contributed by atoms with Gasteiger partial charge in [-0.05, 0) is 30.2 Å². The van der Waals surface area contributed by atoms with E-state index < -0.39 is 15.4 Å². The van der Waals surface area contributed by atoms with E-state index in [-0.39, 0.29) is 29.3 Å². The zero-order valence-corrected chi connectivity index (χ0v) is 23.5. The second-order valence-corrected chi connectivity index (χ2v) is 12.2. The number of carbonyl (C=O) groups is 2. The first kappa shape index (κ1) is 28.8. The molecule has 0 saturated carbocycles. The second kappa shape index (κ2) is 13.7. The zero-order valence-electron chi connectivity index (χ0n) is 21.9. The monoisotopic (exact) mass is 566 g/mol. The van der Waals surface area contributed by atoms with E-state index in [1.807, 2.05) is 66.7 Å². The van der Waals surface area contributed by atoms with Crippen LogP contribution in [0.3, 0.4) is 0 Å². The van der Waals surface area contributed by atoms with Crippen LogP contribution in [0.25, 0.3) is 11.1 Å². The van der Waals surface area contributed by atoms with Crippen molar-refractivity contribution < 1.29 is 18.0 Å². The van der Waals surface area contributed by atoms with Crippen molar-refractivity contribution in [2.24, 2.45) is 0 Å². The molecule has 1 aliphatic rings. The van der Waals surface area contributed by atoms with E-state index in [1.54, 1.807) is 18.2 Å². The third-order valence-electron chi connectivity index (χ3n) is 6.44. The molecule has 3 aromatic rings. The molecule has 0 aromatic heterocycles. The second-order valence-electron chi connectivity index (χ2n) is 9.19. The van der Waals surface area contributed by atoms with Crippen molar-refractivity contribution in [3.8, 4) is 11.1 Å². The molecule has 10 heteroatoms. The molecule has 1 saturated heterocycles. The first-order valence-electron chi connectivity index (χ1n) is 13.0. The summed E-state index contributed by atoms with van der Waals surface area (Å²) in [6.45, 7) is 3.48. The molecule has 2 amide bonds. The molecule has 2 unspecified atom stereocenters. The van der Waals surface area contributed by atoms with Crippen molar-refractivity contribution in [3.63, 3.8) is 0 Å². The molecule has 4 rings (SSSR count). The normalized spacial score (nSPS) is 16.5. The SMILES string of the molecule is CC(=O)NCCNCCC(NC(=O)C1SCCN1S(=O)(=O)c1ccccc1-c1ccccc1)c1ccccc1. The van der Waals surface area contributed by atoms with Crippen LogP contribution in [0.2, 0.25) is 0 Å². The van der Waals surface area contributed by atoms with Crippen molar-refractivity contribution in [2.75, 3.05) is 31.9 Å². The number of nitrogens with one attached hydrogen (secondary N) is 3. The Hall–Kier alpha value is -3.18. The summed E-state index contributed by atoms with van der Waals surface area (Å²) in [5, 5.41) is 8.27. The van der Waals surface area contributed by atoms with Gasteiger partial charge in [-0.3, -0.25) is 9.59 Å². The predicted molar refractivity (Wildman–Crippen MR) is 156 cm³/mol. The summed E-state index contributed by atoms with van der Waals surface area (Å²) in [6.07, 6.45) is 0.608. The quantitative estimate of drug-likeness (QED) is 0.290. The Bertz CT molecular complexity index is 1350. The first-order valence-corrected chi connectivity index (χ1v) is 15.4. The topological polar surface area (TPSA) is 108 Å². The van der Waals surface area contributed by atoms with Gasteiger partial charge < -0.3 is 16.0 Å². The zero-order chi connectivity index (χ0) is 27.7. The van der Waals surface area contributed by atoms with Gasteiger partial charge in [0, 0.05) is 37.9 Å². The molecule has 0 spiro atoms. The Balaban J connectivity index is 1.49. The Labute approximate surface area is 234 Å². The van der Waals surface area contributed by atoms with Gasteiger partial charge in [-0.1, -0.05) is 78.9 Å².